The van der Waals surface area contributed by atoms with Gasteiger partial charge in [-0.05, 0) is 24.6 Å². The van der Waals surface area contributed by atoms with Crippen LogP contribution in [0.1, 0.15) is 20.8 Å². The van der Waals surface area contributed by atoms with Crippen LogP contribution in [0.2, 0.25) is 4.34 Å². The van der Waals surface area contributed by atoms with Crippen molar-refractivity contribution in [2.24, 2.45) is 0 Å². The van der Waals surface area contributed by atoms with Crippen molar-refractivity contribution in [2.75, 3.05) is 26.2 Å². The van der Waals surface area contributed by atoms with Crippen molar-refractivity contribution in [2.45, 2.75) is 13.3 Å². The quantitative estimate of drug-likeness (QED) is 0.841. The van der Waals surface area contributed by atoms with E-state index in [2.05, 4.69) is 0 Å². The van der Waals surface area contributed by atoms with Crippen molar-refractivity contribution >= 4 is 34.8 Å². The Kier molecular flexibility index (Phi) is 5.21. The minimum atomic E-state index is -0.00215. The third kappa shape index (κ3) is 3.97. The monoisotopic (exact) mass is 362 g/mol. The lowest BCUT2D eigenvalue weighted by molar-refractivity contribution is -0.131. The zero-order valence-electron chi connectivity index (χ0n) is 13.5. The summed E-state index contributed by atoms with van der Waals surface area (Å²) in [6.45, 7) is 4.31. The first-order valence-corrected chi connectivity index (χ1v) is 9.10. The van der Waals surface area contributed by atoms with E-state index in [1.54, 1.807) is 17.0 Å². The Morgan fingerprint density at radius 1 is 1.08 bits per heavy atom. The van der Waals surface area contributed by atoms with Gasteiger partial charge in [-0.1, -0.05) is 41.4 Å². The molecule has 1 aromatic heterocycles. The average Bonchev–Trinajstić information content (AvgIpc) is 3.01. The molecule has 1 saturated heterocycles. The molecule has 0 N–H and O–H groups in total. The summed E-state index contributed by atoms with van der Waals surface area (Å²) in [5, 5.41) is 0. The fraction of sp³-hybridized carbons (Fsp3) is 0.333. The molecule has 0 unspecified atom stereocenters. The van der Waals surface area contributed by atoms with Crippen molar-refractivity contribution in [3.63, 3.8) is 0 Å². The average molecular weight is 363 g/mol. The van der Waals surface area contributed by atoms with Gasteiger partial charge in [-0.15, -0.1) is 11.3 Å². The van der Waals surface area contributed by atoms with Gasteiger partial charge in [-0.3, -0.25) is 9.59 Å². The summed E-state index contributed by atoms with van der Waals surface area (Å²) < 4.78 is 0.616. The van der Waals surface area contributed by atoms with Crippen LogP contribution in [0.25, 0.3) is 0 Å². The van der Waals surface area contributed by atoms with Gasteiger partial charge in [0.2, 0.25) is 5.91 Å². The first-order valence-electron chi connectivity index (χ1n) is 7.91. The molecule has 1 aliphatic heterocycles. The minimum absolute atomic E-state index is 0.00215. The predicted molar refractivity (Wildman–Crippen MR) is 96.7 cm³/mol. The van der Waals surface area contributed by atoms with Gasteiger partial charge in [0.15, 0.2) is 0 Å². The number of hydrogen-bond acceptors (Lipinski definition) is 3. The Balaban J connectivity index is 1.54. The predicted octanol–water partition coefficient (Wildman–Crippen LogP) is 3.24. The molecular formula is C18H19ClN2O2S. The van der Waals surface area contributed by atoms with E-state index in [0.29, 0.717) is 41.8 Å². The molecule has 0 atom stereocenters. The molecule has 4 nitrogen and oxygen atoms in total. The van der Waals surface area contributed by atoms with E-state index < -0.39 is 0 Å². The lowest BCUT2D eigenvalue weighted by Gasteiger charge is -2.34. The maximum Gasteiger partial charge on any atom is 0.264 e. The highest BCUT2D eigenvalue weighted by molar-refractivity contribution is 7.17. The first kappa shape index (κ1) is 17.0. The third-order valence-electron chi connectivity index (χ3n) is 4.14. The van der Waals surface area contributed by atoms with E-state index in [-0.39, 0.29) is 11.8 Å². The van der Waals surface area contributed by atoms with Crippen LogP contribution in [0.4, 0.5) is 0 Å². The number of thiophene rings is 1. The Morgan fingerprint density at radius 2 is 1.79 bits per heavy atom. The molecule has 0 radical (unpaired) electrons. The van der Waals surface area contributed by atoms with Crippen LogP contribution in [0.15, 0.2) is 36.4 Å². The van der Waals surface area contributed by atoms with Gasteiger partial charge >= 0.3 is 0 Å². The molecule has 0 bridgehead atoms. The second kappa shape index (κ2) is 7.36. The highest BCUT2D eigenvalue weighted by Crippen LogP contribution is 2.23. The Labute approximate surface area is 150 Å². The van der Waals surface area contributed by atoms with Crippen LogP contribution in [0.5, 0.6) is 0 Å². The normalized spacial score (nSPS) is 14.8. The standard InChI is InChI=1S/C18H19ClN2O2S/c1-13-3-2-4-14(11-13)12-17(22)20-7-9-21(10-8-20)18(23)15-5-6-16(19)24-15/h2-6,11H,7-10,12H2,1H3. The maximum atomic E-state index is 12.4. The van der Waals surface area contributed by atoms with Gasteiger partial charge < -0.3 is 9.80 Å². The van der Waals surface area contributed by atoms with E-state index in [0.717, 1.165) is 11.1 Å². The highest BCUT2D eigenvalue weighted by atomic mass is 35.5. The summed E-state index contributed by atoms with van der Waals surface area (Å²) in [6.07, 6.45) is 0.413. The van der Waals surface area contributed by atoms with Crippen LogP contribution >= 0.6 is 22.9 Å². The van der Waals surface area contributed by atoms with Crippen molar-refractivity contribution in [1.82, 2.24) is 9.80 Å². The summed E-state index contributed by atoms with van der Waals surface area (Å²) in [4.78, 5) is 29.1. The fourth-order valence-corrected chi connectivity index (χ4v) is 3.86. The number of aryl methyl sites for hydroxylation is 1. The molecule has 2 heterocycles. The number of rotatable bonds is 3. The number of amides is 2. The molecule has 1 aliphatic rings. The number of benzene rings is 1. The van der Waals surface area contributed by atoms with E-state index in [9.17, 15) is 9.59 Å². The molecule has 24 heavy (non-hydrogen) atoms. The summed E-state index contributed by atoms with van der Waals surface area (Å²) in [5.74, 6) is 0.115. The van der Waals surface area contributed by atoms with Crippen molar-refractivity contribution < 1.29 is 9.59 Å². The van der Waals surface area contributed by atoms with Gasteiger partial charge in [0, 0.05) is 26.2 Å². The number of halogens is 1. The summed E-state index contributed by atoms with van der Waals surface area (Å²) in [5.41, 5.74) is 2.19. The van der Waals surface area contributed by atoms with Crippen LogP contribution in [-0.2, 0) is 11.2 Å². The molecule has 0 saturated carbocycles. The molecule has 6 heteroatoms. The molecular weight excluding hydrogens is 344 g/mol. The maximum absolute atomic E-state index is 12.4. The Morgan fingerprint density at radius 3 is 2.42 bits per heavy atom. The molecule has 0 aliphatic carbocycles. The lowest BCUT2D eigenvalue weighted by atomic mass is 10.1. The van der Waals surface area contributed by atoms with Crippen molar-refractivity contribution in [1.29, 1.82) is 0 Å². The molecule has 3 rings (SSSR count). The van der Waals surface area contributed by atoms with Gasteiger partial charge in [-0.25, -0.2) is 0 Å². The van der Waals surface area contributed by atoms with E-state index in [1.807, 2.05) is 36.1 Å². The summed E-state index contributed by atoms with van der Waals surface area (Å²) in [6, 6.07) is 11.5. The number of carbonyl (C=O) groups excluding carboxylic acids is 2. The fourth-order valence-electron chi connectivity index (χ4n) is 2.85. The smallest absolute Gasteiger partial charge is 0.264 e. The number of hydrogen-bond donors (Lipinski definition) is 0. The van der Waals surface area contributed by atoms with Gasteiger partial charge in [0.05, 0.1) is 15.6 Å². The lowest BCUT2D eigenvalue weighted by Crippen LogP contribution is -2.50. The van der Waals surface area contributed by atoms with E-state index in [1.165, 1.54) is 11.3 Å². The second-order valence-corrected chi connectivity index (χ2v) is 7.66. The van der Waals surface area contributed by atoms with Crippen molar-refractivity contribution in [3.8, 4) is 0 Å². The third-order valence-corrected chi connectivity index (χ3v) is 5.36. The van der Waals surface area contributed by atoms with Gasteiger partial charge in [0.25, 0.3) is 5.91 Å². The topological polar surface area (TPSA) is 40.6 Å². The summed E-state index contributed by atoms with van der Waals surface area (Å²) >= 11 is 7.18. The van der Waals surface area contributed by atoms with Crippen LogP contribution in [0.3, 0.4) is 0 Å². The molecule has 1 aromatic carbocycles. The molecule has 1 fully saturated rings. The molecule has 2 amide bonds. The number of carbonyl (C=O) groups is 2. The Hall–Kier alpha value is -1.85. The second-order valence-electron chi connectivity index (χ2n) is 5.94. The van der Waals surface area contributed by atoms with Gasteiger partial charge in [-0.2, -0.15) is 0 Å². The van der Waals surface area contributed by atoms with Crippen LogP contribution < -0.4 is 0 Å². The molecule has 2 aromatic rings. The molecule has 126 valence electrons. The van der Waals surface area contributed by atoms with Crippen LogP contribution in [0, 0.1) is 6.92 Å². The van der Waals surface area contributed by atoms with Crippen LogP contribution in [-0.4, -0.2) is 47.8 Å². The SMILES string of the molecule is Cc1cccc(CC(=O)N2CCN(C(=O)c3ccc(Cl)s3)CC2)c1. The molecule has 0 spiro atoms. The van der Waals surface area contributed by atoms with Gasteiger partial charge in [0.1, 0.15) is 0 Å². The van der Waals surface area contributed by atoms with E-state index >= 15 is 0 Å². The minimum Gasteiger partial charge on any atom is -0.339 e. The largest absolute Gasteiger partial charge is 0.339 e. The van der Waals surface area contributed by atoms with Crippen molar-refractivity contribution in [3.05, 3.63) is 56.7 Å². The number of piperazine rings is 1. The Bertz CT molecular complexity index is 751. The zero-order valence-corrected chi connectivity index (χ0v) is 15.1. The van der Waals surface area contributed by atoms with E-state index in [4.69, 9.17) is 11.6 Å². The summed E-state index contributed by atoms with van der Waals surface area (Å²) in [7, 11) is 0. The zero-order chi connectivity index (χ0) is 17.1. The number of nitrogens with zero attached hydrogens (tertiary/aromatic N) is 2. The first-order chi connectivity index (χ1) is 11.5. The highest BCUT2D eigenvalue weighted by Gasteiger charge is 2.25.